The zero-order chi connectivity index (χ0) is 16.4. The third-order valence-electron chi connectivity index (χ3n) is 4.23. The first-order valence-electron chi connectivity index (χ1n) is 7.88. The van der Waals surface area contributed by atoms with Crippen molar-refractivity contribution in [3.63, 3.8) is 0 Å². The molecule has 4 heterocycles. The Bertz CT molecular complexity index is 806. The summed E-state index contributed by atoms with van der Waals surface area (Å²) in [6.07, 6.45) is 6.44. The molecule has 1 aliphatic rings. The lowest BCUT2D eigenvalue weighted by Gasteiger charge is -2.30. The van der Waals surface area contributed by atoms with Crippen molar-refractivity contribution in [2.24, 2.45) is 0 Å². The van der Waals surface area contributed by atoms with Crippen LogP contribution in [0.2, 0.25) is 0 Å². The lowest BCUT2D eigenvalue weighted by Crippen LogP contribution is -2.38. The fourth-order valence-electron chi connectivity index (χ4n) is 2.91. The quantitative estimate of drug-likeness (QED) is 0.736. The smallest absolute Gasteiger partial charge is 0.283 e. The second kappa shape index (κ2) is 6.27. The minimum Gasteiger partial charge on any atom is -0.459 e. The second-order valence-corrected chi connectivity index (χ2v) is 5.73. The van der Waals surface area contributed by atoms with Crippen LogP contribution < -0.4 is 0 Å². The molecule has 4 rings (SSSR count). The Morgan fingerprint density at radius 2 is 1.92 bits per heavy atom. The lowest BCUT2D eigenvalue weighted by molar-refractivity contribution is 0.0706. The molecule has 0 unspecified atom stereocenters. The van der Waals surface area contributed by atoms with E-state index in [1.807, 2.05) is 4.90 Å². The van der Waals surface area contributed by atoms with Gasteiger partial charge in [-0.25, -0.2) is 0 Å². The Labute approximate surface area is 138 Å². The minimum absolute atomic E-state index is 0.0395. The summed E-state index contributed by atoms with van der Waals surface area (Å²) >= 11 is 0. The van der Waals surface area contributed by atoms with Crippen LogP contribution in [0.3, 0.4) is 0 Å². The molecule has 0 N–H and O–H groups in total. The van der Waals surface area contributed by atoms with Gasteiger partial charge in [0.25, 0.3) is 11.8 Å². The first-order chi connectivity index (χ1) is 11.8. The van der Waals surface area contributed by atoms with Crippen molar-refractivity contribution in [2.75, 3.05) is 13.1 Å². The van der Waals surface area contributed by atoms with E-state index >= 15 is 0 Å². The number of furan rings is 1. The van der Waals surface area contributed by atoms with Crippen molar-refractivity contribution in [3.05, 3.63) is 54.4 Å². The predicted octanol–water partition coefficient (Wildman–Crippen LogP) is 2.74. The fraction of sp³-hybridized carbons (Fsp3) is 0.294. The van der Waals surface area contributed by atoms with E-state index in [9.17, 15) is 4.79 Å². The van der Waals surface area contributed by atoms with Crippen LogP contribution in [0.5, 0.6) is 0 Å². The van der Waals surface area contributed by atoms with Crippen LogP contribution in [0, 0.1) is 0 Å². The largest absolute Gasteiger partial charge is 0.459 e. The number of amides is 1. The van der Waals surface area contributed by atoms with Crippen molar-refractivity contribution in [1.29, 1.82) is 0 Å². The number of hydrogen-bond donors (Lipinski definition) is 0. The summed E-state index contributed by atoms with van der Waals surface area (Å²) in [5, 5.41) is 8.17. The van der Waals surface area contributed by atoms with Gasteiger partial charge < -0.3 is 13.7 Å². The molecule has 0 aliphatic carbocycles. The summed E-state index contributed by atoms with van der Waals surface area (Å²) in [5.74, 6) is 1.78. The molecule has 3 aromatic rings. The summed E-state index contributed by atoms with van der Waals surface area (Å²) in [6, 6.07) is 7.04. The second-order valence-electron chi connectivity index (χ2n) is 5.73. The Hall–Kier alpha value is -2.96. The van der Waals surface area contributed by atoms with Gasteiger partial charge in [0.1, 0.15) is 0 Å². The molecule has 0 spiro atoms. The molecule has 1 fully saturated rings. The average molecular weight is 324 g/mol. The topological polar surface area (TPSA) is 85.3 Å². The van der Waals surface area contributed by atoms with Crippen molar-refractivity contribution in [2.45, 2.75) is 18.8 Å². The average Bonchev–Trinajstić information content (AvgIpc) is 3.33. The van der Waals surface area contributed by atoms with Crippen LogP contribution >= 0.6 is 0 Å². The number of rotatable bonds is 3. The molecule has 7 heteroatoms. The monoisotopic (exact) mass is 324 g/mol. The lowest BCUT2D eigenvalue weighted by atomic mass is 9.96. The first kappa shape index (κ1) is 14.6. The standard InChI is InChI=1S/C17H16N4O3/c22-17(13-3-7-18-8-4-13)21-9-5-12(6-10-21)15-19-20-16(24-15)14-2-1-11-23-14/h1-4,7-8,11-12H,5-6,9-10H2. The summed E-state index contributed by atoms with van der Waals surface area (Å²) in [4.78, 5) is 18.2. The van der Waals surface area contributed by atoms with E-state index in [4.69, 9.17) is 8.83 Å². The summed E-state index contributed by atoms with van der Waals surface area (Å²) in [7, 11) is 0. The molecule has 24 heavy (non-hydrogen) atoms. The van der Waals surface area contributed by atoms with Crippen LogP contribution in [0.4, 0.5) is 0 Å². The van der Waals surface area contributed by atoms with Gasteiger partial charge in [0.2, 0.25) is 5.89 Å². The molecule has 3 aromatic heterocycles. The van der Waals surface area contributed by atoms with Gasteiger partial charge in [0, 0.05) is 37.0 Å². The SMILES string of the molecule is O=C(c1ccncc1)N1CCC(c2nnc(-c3ccco3)o2)CC1. The highest BCUT2D eigenvalue weighted by Crippen LogP contribution is 2.29. The highest BCUT2D eigenvalue weighted by atomic mass is 16.4. The van der Waals surface area contributed by atoms with Gasteiger partial charge in [0.05, 0.1) is 6.26 Å². The molecule has 122 valence electrons. The molecule has 0 atom stereocenters. The van der Waals surface area contributed by atoms with E-state index < -0.39 is 0 Å². The zero-order valence-electron chi connectivity index (χ0n) is 13.0. The number of nitrogens with zero attached hydrogens (tertiary/aromatic N) is 4. The van der Waals surface area contributed by atoms with Crippen LogP contribution in [-0.2, 0) is 0 Å². The Morgan fingerprint density at radius 3 is 2.62 bits per heavy atom. The fourth-order valence-corrected chi connectivity index (χ4v) is 2.91. The van der Waals surface area contributed by atoms with Crippen LogP contribution in [0.1, 0.15) is 35.0 Å². The number of hydrogen-bond acceptors (Lipinski definition) is 6. The minimum atomic E-state index is 0.0395. The Kier molecular flexibility index (Phi) is 3.82. The van der Waals surface area contributed by atoms with E-state index in [1.54, 1.807) is 42.9 Å². The third-order valence-corrected chi connectivity index (χ3v) is 4.23. The van der Waals surface area contributed by atoms with Gasteiger partial charge in [0.15, 0.2) is 5.76 Å². The Balaban J connectivity index is 1.40. The van der Waals surface area contributed by atoms with Crippen LogP contribution in [0.25, 0.3) is 11.7 Å². The van der Waals surface area contributed by atoms with Gasteiger partial charge >= 0.3 is 0 Å². The molecule has 1 amide bonds. The van der Waals surface area contributed by atoms with Crippen molar-refractivity contribution >= 4 is 5.91 Å². The molecule has 0 saturated carbocycles. The number of piperidine rings is 1. The summed E-state index contributed by atoms with van der Waals surface area (Å²) in [5.41, 5.74) is 0.668. The van der Waals surface area contributed by atoms with Crippen molar-refractivity contribution < 1.29 is 13.6 Å². The van der Waals surface area contributed by atoms with Gasteiger partial charge in [-0.2, -0.15) is 0 Å². The number of pyridine rings is 1. The summed E-state index contributed by atoms with van der Waals surface area (Å²) < 4.78 is 11.0. The molecular weight excluding hydrogens is 308 g/mol. The summed E-state index contributed by atoms with van der Waals surface area (Å²) in [6.45, 7) is 1.34. The van der Waals surface area contributed by atoms with E-state index in [1.165, 1.54) is 0 Å². The van der Waals surface area contributed by atoms with Crippen LogP contribution in [-0.4, -0.2) is 39.1 Å². The van der Waals surface area contributed by atoms with Gasteiger partial charge in [-0.05, 0) is 37.1 Å². The number of carbonyl (C=O) groups is 1. The molecular formula is C17H16N4O3. The third kappa shape index (κ3) is 2.80. The van der Waals surface area contributed by atoms with Gasteiger partial charge in [-0.1, -0.05) is 0 Å². The van der Waals surface area contributed by atoms with Gasteiger partial charge in [-0.15, -0.1) is 10.2 Å². The molecule has 1 aliphatic heterocycles. The van der Waals surface area contributed by atoms with Crippen LogP contribution in [0.15, 0.2) is 51.8 Å². The number of aromatic nitrogens is 3. The predicted molar refractivity (Wildman–Crippen MR) is 84.1 cm³/mol. The molecule has 7 nitrogen and oxygen atoms in total. The maximum Gasteiger partial charge on any atom is 0.283 e. The van der Waals surface area contributed by atoms with E-state index in [0.717, 1.165) is 12.8 Å². The van der Waals surface area contributed by atoms with Crippen molar-refractivity contribution in [3.8, 4) is 11.7 Å². The number of carbonyl (C=O) groups excluding carboxylic acids is 1. The van der Waals surface area contributed by atoms with Crippen molar-refractivity contribution in [1.82, 2.24) is 20.1 Å². The number of likely N-dealkylation sites (tertiary alicyclic amines) is 1. The molecule has 0 radical (unpaired) electrons. The van der Waals surface area contributed by atoms with E-state index in [2.05, 4.69) is 15.2 Å². The maximum absolute atomic E-state index is 12.4. The zero-order valence-corrected chi connectivity index (χ0v) is 13.0. The first-order valence-corrected chi connectivity index (χ1v) is 7.88. The highest BCUT2D eigenvalue weighted by molar-refractivity contribution is 5.94. The maximum atomic E-state index is 12.4. The van der Waals surface area contributed by atoms with E-state index in [-0.39, 0.29) is 11.8 Å². The Morgan fingerprint density at radius 1 is 1.12 bits per heavy atom. The van der Waals surface area contributed by atoms with E-state index in [0.29, 0.717) is 36.2 Å². The molecule has 0 bridgehead atoms. The normalized spacial score (nSPS) is 15.6. The van der Waals surface area contributed by atoms with Gasteiger partial charge in [-0.3, -0.25) is 9.78 Å². The highest BCUT2D eigenvalue weighted by Gasteiger charge is 2.28. The molecule has 1 saturated heterocycles. The molecule has 0 aromatic carbocycles.